The van der Waals surface area contributed by atoms with Gasteiger partial charge in [-0.2, -0.15) is 0 Å². The molecule has 15 heavy (non-hydrogen) atoms. The molecule has 0 saturated heterocycles. The zero-order chi connectivity index (χ0) is 11.7. The molecule has 1 unspecified atom stereocenters. The third kappa shape index (κ3) is 6.88. The zero-order valence-electron chi connectivity index (χ0n) is 11.2. The Labute approximate surface area is 95.8 Å². The van der Waals surface area contributed by atoms with Crippen LogP contribution in [0.3, 0.4) is 0 Å². The molecule has 92 valence electrons. The molecule has 0 saturated carbocycles. The third-order valence-electron chi connectivity index (χ3n) is 2.88. The van der Waals surface area contributed by atoms with Crippen molar-refractivity contribution in [2.24, 2.45) is 0 Å². The van der Waals surface area contributed by atoms with Crippen molar-refractivity contribution in [2.45, 2.75) is 32.7 Å². The molecule has 0 aliphatic rings. The lowest BCUT2D eigenvalue weighted by atomic mass is 10.1. The van der Waals surface area contributed by atoms with Crippen LogP contribution in [0.1, 0.15) is 26.7 Å². The van der Waals surface area contributed by atoms with Crippen LogP contribution in [0.5, 0.6) is 0 Å². The summed E-state index contributed by atoms with van der Waals surface area (Å²) in [6.45, 7) is 9.20. The largest absolute Gasteiger partial charge is 0.318 e. The monoisotopic (exact) mass is 215 g/mol. The van der Waals surface area contributed by atoms with Crippen LogP contribution in [0, 0.1) is 0 Å². The van der Waals surface area contributed by atoms with Crippen molar-refractivity contribution in [2.75, 3.05) is 47.3 Å². The maximum absolute atomic E-state index is 3.28. The molecule has 0 aromatic carbocycles. The number of rotatable bonds is 9. The predicted octanol–water partition coefficient (Wildman–Crippen LogP) is 1.26. The van der Waals surface area contributed by atoms with Gasteiger partial charge in [-0.3, -0.25) is 4.90 Å². The highest BCUT2D eigenvalue weighted by molar-refractivity contribution is 4.71. The number of nitrogens with zero attached hydrogens (tertiary/aromatic N) is 2. The number of hydrogen-bond acceptors (Lipinski definition) is 3. The third-order valence-corrected chi connectivity index (χ3v) is 2.88. The van der Waals surface area contributed by atoms with E-state index in [0.717, 1.165) is 13.1 Å². The average Bonchev–Trinajstić information content (AvgIpc) is 2.21. The van der Waals surface area contributed by atoms with Crippen molar-refractivity contribution in [1.82, 2.24) is 15.1 Å². The van der Waals surface area contributed by atoms with Gasteiger partial charge in [0.1, 0.15) is 0 Å². The highest BCUT2D eigenvalue weighted by Gasteiger charge is 2.13. The quantitative estimate of drug-likeness (QED) is 0.625. The fourth-order valence-electron chi connectivity index (χ4n) is 1.96. The van der Waals surface area contributed by atoms with Gasteiger partial charge in [0.25, 0.3) is 0 Å². The van der Waals surface area contributed by atoms with Crippen molar-refractivity contribution < 1.29 is 0 Å². The van der Waals surface area contributed by atoms with E-state index >= 15 is 0 Å². The molecular formula is C12H29N3. The van der Waals surface area contributed by atoms with Gasteiger partial charge in [0.2, 0.25) is 0 Å². The Morgan fingerprint density at radius 3 is 2.20 bits per heavy atom. The Hall–Kier alpha value is -0.120. The Balaban J connectivity index is 3.86. The first-order valence-corrected chi connectivity index (χ1v) is 6.19. The van der Waals surface area contributed by atoms with E-state index in [-0.39, 0.29) is 0 Å². The number of likely N-dealkylation sites (N-methyl/N-ethyl adjacent to an activating group) is 2. The normalized spacial score (nSPS) is 13.8. The first-order valence-electron chi connectivity index (χ1n) is 6.19. The molecule has 0 bridgehead atoms. The molecule has 3 heteroatoms. The summed E-state index contributed by atoms with van der Waals surface area (Å²) >= 11 is 0. The number of hydrogen-bond donors (Lipinski definition) is 1. The molecule has 0 aliphatic heterocycles. The lowest BCUT2D eigenvalue weighted by Crippen LogP contribution is -2.42. The minimum atomic E-state index is 0.696. The van der Waals surface area contributed by atoms with E-state index in [2.05, 4.69) is 43.1 Å². The molecule has 0 rings (SSSR count). The van der Waals surface area contributed by atoms with Crippen LogP contribution in [0.2, 0.25) is 0 Å². The van der Waals surface area contributed by atoms with Gasteiger partial charge in [-0.25, -0.2) is 0 Å². The van der Waals surface area contributed by atoms with Crippen LogP contribution >= 0.6 is 0 Å². The summed E-state index contributed by atoms with van der Waals surface area (Å²) in [4.78, 5) is 4.84. The second-order valence-electron chi connectivity index (χ2n) is 4.41. The molecule has 0 radical (unpaired) electrons. The van der Waals surface area contributed by atoms with Crippen LogP contribution in [-0.4, -0.2) is 63.2 Å². The van der Waals surface area contributed by atoms with Gasteiger partial charge in [-0.15, -0.1) is 0 Å². The highest BCUT2D eigenvalue weighted by Crippen LogP contribution is 2.04. The van der Waals surface area contributed by atoms with E-state index in [4.69, 9.17) is 0 Å². The first-order chi connectivity index (χ1) is 7.15. The fourth-order valence-corrected chi connectivity index (χ4v) is 1.96. The SMILES string of the molecule is CCC(CNC)N(CC)CCCN(C)C. The van der Waals surface area contributed by atoms with Crippen molar-refractivity contribution >= 4 is 0 Å². The minimum absolute atomic E-state index is 0.696. The van der Waals surface area contributed by atoms with E-state index in [1.54, 1.807) is 0 Å². The predicted molar refractivity (Wildman–Crippen MR) is 68.4 cm³/mol. The molecule has 3 nitrogen and oxygen atoms in total. The van der Waals surface area contributed by atoms with Crippen molar-refractivity contribution in [1.29, 1.82) is 0 Å². The summed E-state index contributed by atoms with van der Waals surface area (Å²) in [5, 5.41) is 3.28. The van der Waals surface area contributed by atoms with Gasteiger partial charge in [-0.05, 0) is 53.6 Å². The van der Waals surface area contributed by atoms with Crippen molar-refractivity contribution in [3.05, 3.63) is 0 Å². The van der Waals surface area contributed by atoms with Gasteiger partial charge in [0.15, 0.2) is 0 Å². The topological polar surface area (TPSA) is 18.5 Å². The zero-order valence-corrected chi connectivity index (χ0v) is 11.2. The van der Waals surface area contributed by atoms with Gasteiger partial charge < -0.3 is 10.2 Å². The van der Waals surface area contributed by atoms with Crippen LogP contribution < -0.4 is 5.32 Å². The Kier molecular flexibility index (Phi) is 9.06. The molecule has 0 spiro atoms. The summed E-state index contributed by atoms with van der Waals surface area (Å²) in [6.07, 6.45) is 2.50. The lowest BCUT2D eigenvalue weighted by Gasteiger charge is -2.30. The second-order valence-corrected chi connectivity index (χ2v) is 4.41. The van der Waals surface area contributed by atoms with Crippen LogP contribution in [-0.2, 0) is 0 Å². The Bertz CT molecular complexity index is 137. The number of nitrogens with one attached hydrogen (secondary N) is 1. The molecule has 1 atom stereocenters. The first kappa shape index (κ1) is 14.9. The molecule has 0 aromatic rings. The maximum atomic E-state index is 3.28. The van der Waals surface area contributed by atoms with E-state index < -0.39 is 0 Å². The maximum Gasteiger partial charge on any atom is 0.0217 e. The van der Waals surface area contributed by atoms with E-state index in [0.29, 0.717) is 6.04 Å². The van der Waals surface area contributed by atoms with Gasteiger partial charge >= 0.3 is 0 Å². The standard InChI is InChI=1S/C12H29N3/c1-6-12(11-13-3)15(7-2)10-8-9-14(4)5/h12-13H,6-11H2,1-5H3. The summed E-state index contributed by atoms with van der Waals surface area (Å²) in [6, 6.07) is 0.696. The van der Waals surface area contributed by atoms with Crippen molar-refractivity contribution in [3.8, 4) is 0 Å². The van der Waals surface area contributed by atoms with Crippen LogP contribution in [0.4, 0.5) is 0 Å². The van der Waals surface area contributed by atoms with Crippen LogP contribution in [0.25, 0.3) is 0 Å². The second kappa shape index (κ2) is 9.13. The van der Waals surface area contributed by atoms with Gasteiger partial charge in [-0.1, -0.05) is 13.8 Å². The molecular weight excluding hydrogens is 186 g/mol. The molecule has 0 amide bonds. The van der Waals surface area contributed by atoms with Crippen LogP contribution in [0.15, 0.2) is 0 Å². The van der Waals surface area contributed by atoms with E-state index in [1.807, 2.05) is 7.05 Å². The van der Waals surface area contributed by atoms with Gasteiger partial charge in [0, 0.05) is 12.6 Å². The molecule has 1 N–H and O–H groups in total. The summed E-state index contributed by atoms with van der Waals surface area (Å²) in [5.41, 5.74) is 0. The Morgan fingerprint density at radius 1 is 1.13 bits per heavy atom. The van der Waals surface area contributed by atoms with E-state index in [9.17, 15) is 0 Å². The molecule has 0 fully saturated rings. The van der Waals surface area contributed by atoms with E-state index in [1.165, 1.54) is 25.9 Å². The Morgan fingerprint density at radius 2 is 1.80 bits per heavy atom. The fraction of sp³-hybridized carbons (Fsp3) is 1.00. The lowest BCUT2D eigenvalue weighted by molar-refractivity contribution is 0.189. The minimum Gasteiger partial charge on any atom is -0.318 e. The molecule has 0 aliphatic carbocycles. The molecule has 0 heterocycles. The average molecular weight is 215 g/mol. The molecule has 0 aromatic heterocycles. The highest BCUT2D eigenvalue weighted by atomic mass is 15.2. The summed E-state index contributed by atoms with van der Waals surface area (Å²) < 4.78 is 0. The summed E-state index contributed by atoms with van der Waals surface area (Å²) in [7, 11) is 6.32. The van der Waals surface area contributed by atoms with Gasteiger partial charge in [0.05, 0.1) is 0 Å². The van der Waals surface area contributed by atoms with Crippen molar-refractivity contribution in [3.63, 3.8) is 0 Å². The smallest absolute Gasteiger partial charge is 0.0217 e. The summed E-state index contributed by atoms with van der Waals surface area (Å²) in [5.74, 6) is 0.